The maximum Gasteiger partial charge on any atom is 0.132 e. The fourth-order valence-electron chi connectivity index (χ4n) is 2.43. The standard InChI is InChI=1S/C16H16FN3O/c1-21-16-7-13(17)6-15-14(16)9-19-20(15)10-12-4-2-3-11(5-12)8-18/h2-7,9H,8,10,18H2,1H3. The maximum absolute atomic E-state index is 13.7. The Hall–Kier alpha value is -2.40. The van der Waals surface area contributed by atoms with Crippen molar-refractivity contribution in [3.05, 3.63) is 59.5 Å². The third-order valence-electron chi connectivity index (χ3n) is 3.47. The first kappa shape index (κ1) is 13.6. The molecule has 0 aliphatic rings. The molecule has 0 bridgehead atoms. The minimum Gasteiger partial charge on any atom is -0.496 e. The number of hydrogen-bond acceptors (Lipinski definition) is 3. The van der Waals surface area contributed by atoms with Crippen molar-refractivity contribution in [2.45, 2.75) is 13.1 Å². The Morgan fingerprint density at radius 3 is 2.81 bits per heavy atom. The molecule has 0 spiro atoms. The van der Waals surface area contributed by atoms with Crippen LogP contribution in [0.2, 0.25) is 0 Å². The Bertz CT molecular complexity index is 782. The molecule has 0 saturated carbocycles. The van der Waals surface area contributed by atoms with Gasteiger partial charge in [0.15, 0.2) is 0 Å². The van der Waals surface area contributed by atoms with Crippen molar-refractivity contribution in [1.29, 1.82) is 0 Å². The number of nitrogens with two attached hydrogens (primary N) is 1. The van der Waals surface area contributed by atoms with Crippen molar-refractivity contribution >= 4 is 10.9 Å². The van der Waals surface area contributed by atoms with Gasteiger partial charge >= 0.3 is 0 Å². The molecule has 2 aromatic carbocycles. The molecular formula is C16H16FN3O. The van der Waals surface area contributed by atoms with Crippen LogP contribution in [0.4, 0.5) is 4.39 Å². The van der Waals surface area contributed by atoms with Crippen molar-refractivity contribution in [2.24, 2.45) is 5.73 Å². The molecule has 21 heavy (non-hydrogen) atoms. The van der Waals surface area contributed by atoms with Crippen LogP contribution in [0.5, 0.6) is 5.75 Å². The molecule has 0 atom stereocenters. The largest absolute Gasteiger partial charge is 0.496 e. The van der Waals surface area contributed by atoms with E-state index in [1.54, 1.807) is 10.9 Å². The predicted molar refractivity (Wildman–Crippen MR) is 79.7 cm³/mol. The van der Waals surface area contributed by atoms with E-state index in [1.165, 1.54) is 19.2 Å². The number of fused-ring (bicyclic) bond motifs is 1. The summed E-state index contributed by atoms with van der Waals surface area (Å²) >= 11 is 0. The molecule has 0 aliphatic carbocycles. The highest BCUT2D eigenvalue weighted by Crippen LogP contribution is 2.27. The van der Waals surface area contributed by atoms with E-state index in [0.717, 1.165) is 16.5 Å². The number of hydrogen-bond donors (Lipinski definition) is 1. The van der Waals surface area contributed by atoms with E-state index in [4.69, 9.17) is 10.5 Å². The molecule has 1 aromatic heterocycles. The first-order valence-electron chi connectivity index (χ1n) is 6.68. The molecule has 0 saturated heterocycles. The second-order valence-corrected chi connectivity index (χ2v) is 4.87. The molecule has 1 heterocycles. The highest BCUT2D eigenvalue weighted by atomic mass is 19.1. The van der Waals surface area contributed by atoms with E-state index in [-0.39, 0.29) is 5.82 Å². The summed E-state index contributed by atoms with van der Waals surface area (Å²) in [6, 6.07) is 10.8. The van der Waals surface area contributed by atoms with Crippen molar-refractivity contribution in [1.82, 2.24) is 9.78 Å². The molecule has 2 N–H and O–H groups in total. The molecule has 0 fully saturated rings. The monoisotopic (exact) mass is 285 g/mol. The summed E-state index contributed by atoms with van der Waals surface area (Å²) in [6.45, 7) is 1.06. The maximum atomic E-state index is 13.7. The number of ether oxygens (including phenoxy) is 1. The van der Waals surface area contributed by atoms with Gasteiger partial charge in [0.25, 0.3) is 0 Å². The van der Waals surface area contributed by atoms with E-state index < -0.39 is 0 Å². The molecule has 0 amide bonds. The van der Waals surface area contributed by atoms with E-state index in [2.05, 4.69) is 5.10 Å². The minimum absolute atomic E-state index is 0.336. The highest BCUT2D eigenvalue weighted by Gasteiger charge is 2.10. The number of halogens is 1. The molecule has 0 unspecified atom stereocenters. The van der Waals surface area contributed by atoms with Crippen molar-refractivity contribution < 1.29 is 9.13 Å². The Labute approximate surface area is 121 Å². The van der Waals surface area contributed by atoms with E-state index in [9.17, 15) is 4.39 Å². The molecule has 108 valence electrons. The molecule has 3 aromatic rings. The lowest BCUT2D eigenvalue weighted by atomic mass is 10.1. The first-order valence-corrected chi connectivity index (χ1v) is 6.68. The van der Waals surface area contributed by atoms with Crippen molar-refractivity contribution in [2.75, 3.05) is 7.11 Å². The molecule has 0 aliphatic heterocycles. The molecule has 4 nitrogen and oxygen atoms in total. The van der Waals surface area contributed by atoms with Gasteiger partial charge in [0.2, 0.25) is 0 Å². The number of nitrogens with zero attached hydrogens (tertiary/aromatic N) is 2. The highest BCUT2D eigenvalue weighted by molar-refractivity contribution is 5.85. The van der Waals surface area contributed by atoms with Crippen molar-refractivity contribution in [3.8, 4) is 5.75 Å². The summed E-state index contributed by atoms with van der Waals surface area (Å²) in [5, 5.41) is 5.13. The van der Waals surface area contributed by atoms with E-state index in [1.807, 2.05) is 24.3 Å². The Morgan fingerprint density at radius 2 is 2.05 bits per heavy atom. The fraction of sp³-hybridized carbons (Fsp3) is 0.188. The predicted octanol–water partition coefficient (Wildman–Crippen LogP) is 2.69. The van der Waals surface area contributed by atoms with Gasteiger partial charge in [0.1, 0.15) is 11.6 Å². The van der Waals surface area contributed by atoms with Gasteiger partial charge in [-0.1, -0.05) is 24.3 Å². The van der Waals surface area contributed by atoms with Crippen LogP contribution in [0.25, 0.3) is 10.9 Å². The average Bonchev–Trinajstić information content (AvgIpc) is 2.89. The minimum atomic E-state index is -0.336. The number of benzene rings is 2. The summed E-state index contributed by atoms with van der Waals surface area (Å²) in [4.78, 5) is 0. The van der Waals surface area contributed by atoms with Gasteiger partial charge in [-0.3, -0.25) is 4.68 Å². The van der Waals surface area contributed by atoms with Crippen LogP contribution >= 0.6 is 0 Å². The molecule has 0 radical (unpaired) electrons. The molecule has 5 heteroatoms. The zero-order valence-electron chi connectivity index (χ0n) is 11.7. The Kier molecular flexibility index (Phi) is 3.58. The second kappa shape index (κ2) is 5.54. The molecular weight excluding hydrogens is 269 g/mol. The Balaban J connectivity index is 2.02. The zero-order valence-corrected chi connectivity index (χ0v) is 11.7. The van der Waals surface area contributed by atoms with Gasteiger partial charge in [-0.15, -0.1) is 0 Å². The lowest BCUT2D eigenvalue weighted by molar-refractivity contribution is 0.416. The van der Waals surface area contributed by atoms with Crippen LogP contribution in [0.15, 0.2) is 42.6 Å². The van der Waals surface area contributed by atoms with Gasteiger partial charge in [-0.2, -0.15) is 5.10 Å². The number of aromatic nitrogens is 2. The molecule has 3 rings (SSSR count). The number of rotatable bonds is 4. The fourth-order valence-corrected chi connectivity index (χ4v) is 2.43. The smallest absolute Gasteiger partial charge is 0.132 e. The van der Waals surface area contributed by atoms with Crippen LogP contribution in [0, 0.1) is 5.82 Å². The van der Waals surface area contributed by atoms with Crippen LogP contribution in [-0.2, 0) is 13.1 Å². The summed E-state index contributed by atoms with van der Waals surface area (Å²) in [6.07, 6.45) is 1.69. The van der Waals surface area contributed by atoms with E-state index >= 15 is 0 Å². The third-order valence-corrected chi connectivity index (χ3v) is 3.47. The van der Waals surface area contributed by atoms with Gasteiger partial charge < -0.3 is 10.5 Å². The second-order valence-electron chi connectivity index (χ2n) is 4.87. The topological polar surface area (TPSA) is 53.1 Å². The van der Waals surface area contributed by atoms with Gasteiger partial charge in [0.05, 0.1) is 30.8 Å². The lowest BCUT2D eigenvalue weighted by Gasteiger charge is -2.07. The first-order chi connectivity index (χ1) is 10.2. The van der Waals surface area contributed by atoms with E-state index in [0.29, 0.717) is 24.4 Å². The van der Waals surface area contributed by atoms with Crippen LogP contribution in [-0.4, -0.2) is 16.9 Å². The van der Waals surface area contributed by atoms with Crippen LogP contribution in [0.1, 0.15) is 11.1 Å². The summed E-state index contributed by atoms with van der Waals surface area (Å²) in [5.41, 5.74) is 8.50. The summed E-state index contributed by atoms with van der Waals surface area (Å²) in [7, 11) is 1.52. The lowest BCUT2D eigenvalue weighted by Crippen LogP contribution is -2.03. The van der Waals surface area contributed by atoms with Crippen molar-refractivity contribution in [3.63, 3.8) is 0 Å². The average molecular weight is 285 g/mol. The van der Waals surface area contributed by atoms with Gasteiger partial charge in [0, 0.05) is 18.7 Å². The van der Waals surface area contributed by atoms with Crippen LogP contribution in [0.3, 0.4) is 0 Å². The third kappa shape index (κ3) is 2.60. The summed E-state index contributed by atoms with van der Waals surface area (Å²) in [5.74, 6) is 0.156. The quantitative estimate of drug-likeness (QED) is 0.802. The zero-order chi connectivity index (χ0) is 14.8. The van der Waals surface area contributed by atoms with Crippen LogP contribution < -0.4 is 10.5 Å². The summed E-state index contributed by atoms with van der Waals surface area (Å²) < 4.78 is 20.6. The van der Waals surface area contributed by atoms with Gasteiger partial charge in [-0.05, 0) is 11.1 Å². The Morgan fingerprint density at radius 1 is 1.24 bits per heavy atom. The number of methoxy groups -OCH3 is 1. The normalized spacial score (nSPS) is 11.0. The SMILES string of the molecule is COc1cc(F)cc2c1cnn2Cc1cccc(CN)c1. The van der Waals surface area contributed by atoms with Gasteiger partial charge in [-0.25, -0.2) is 4.39 Å².